The summed E-state index contributed by atoms with van der Waals surface area (Å²) in [5, 5.41) is 0. The zero-order valence-electron chi connectivity index (χ0n) is 44.8. The molecule has 0 rings (SSSR count). The van der Waals surface area contributed by atoms with Gasteiger partial charge in [0.15, 0.2) is 6.10 Å². The zero-order valence-corrected chi connectivity index (χ0v) is 44.8. The van der Waals surface area contributed by atoms with E-state index in [1.54, 1.807) is 0 Å². The van der Waals surface area contributed by atoms with Crippen molar-refractivity contribution < 1.29 is 28.6 Å². The van der Waals surface area contributed by atoms with Crippen LogP contribution in [0.5, 0.6) is 0 Å². The standard InChI is InChI=1S/C63H104O6/c1-4-7-10-13-16-18-20-22-24-25-26-27-28-29-30-31-32-33-34-35-36-37-39-40-42-44-47-50-53-56-62(65)68-59-60(58-67-61(64)55-52-49-46-15-12-9-6-3)69-63(66)57-54-51-48-45-43-41-38-23-21-19-17-14-11-8-5-2/h7,10,16,18,22,24,26-27,29-30,32-33,35-36,39-40,44,47,60H,4-6,8-9,11-15,17,19-21,23,25,28,31,34,37-38,41-43,45-46,48-59H2,1-3H3/b10-7-,18-16-,24-22-,27-26-,30-29-,33-32-,36-35-,40-39-,47-44-. The van der Waals surface area contributed by atoms with E-state index in [9.17, 15) is 14.4 Å². The Bertz CT molecular complexity index is 1420. The molecule has 0 aromatic carbocycles. The molecule has 0 spiro atoms. The molecule has 0 aliphatic heterocycles. The first-order chi connectivity index (χ1) is 34.0. The van der Waals surface area contributed by atoms with Gasteiger partial charge in [0.1, 0.15) is 13.2 Å². The maximum Gasteiger partial charge on any atom is 0.306 e. The van der Waals surface area contributed by atoms with Crippen LogP contribution in [0.25, 0.3) is 0 Å². The molecule has 0 aliphatic carbocycles. The van der Waals surface area contributed by atoms with Gasteiger partial charge in [0, 0.05) is 19.3 Å². The van der Waals surface area contributed by atoms with E-state index in [0.717, 1.165) is 103 Å². The van der Waals surface area contributed by atoms with Gasteiger partial charge in [-0.1, -0.05) is 259 Å². The third-order valence-electron chi connectivity index (χ3n) is 11.8. The van der Waals surface area contributed by atoms with E-state index >= 15 is 0 Å². The van der Waals surface area contributed by atoms with Crippen molar-refractivity contribution in [3.05, 3.63) is 109 Å². The Balaban J connectivity index is 4.29. The molecule has 69 heavy (non-hydrogen) atoms. The predicted octanol–water partition coefficient (Wildman–Crippen LogP) is 19.1. The SMILES string of the molecule is CC/C=C\C/C=C\C/C=C\C/C=C\C/C=C\C/C=C\C/C=C\C/C=C\C/C=C\CCCC(=O)OCC(COC(=O)CCCCCCCCC)OC(=O)CCCCCCCCCCCCCCCCC. The van der Waals surface area contributed by atoms with Crippen LogP contribution in [-0.2, 0) is 28.6 Å². The fourth-order valence-corrected chi connectivity index (χ4v) is 7.56. The summed E-state index contributed by atoms with van der Waals surface area (Å²) in [6.07, 6.45) is 76.8. The van der Waals surface area contributed by atoms with E-state index in [1.807, 2.05) is 0 Å². The summed E-state index contributed by atoms with van der Waals surface area (Å²) < 4.78 is 16.7. The molecule has 1 unspecified atom stereocenters. The average Bonchev–Trinajstić information content (AvgIpc) is 3.35. The van der Waals surface area contributed by atoms with Gasteiger partial charge < -0.3 is 14.2 Å². The van der Waals surface area contributed by atoms with Gasteiger partial charge in [0.2, 0.25) is 0 Å². The number of allylic oxidation sites excluding steroid dienone is 18. The van der Waals surface area contributed by atoms with Gasteiger partial charge in [-0.15, -0.1) is 0 Å². The Kier molecular flexibility index (Phi) is 53.4. The number of hydrogen-bond donors (Lipinski definition) is 0. The topological polar surface area (TPSA) is 78.9 Å². The van der Waals surface area contributed by atoms with Gasteiger partial charge in [-0.3, -0.25) is 14.4 Å². The van der Waals surface area contributed by atoms with Crippen molar-refractivity contribution in [2.24, 2.45) is 0 Å². The number of ether oxygens (including phenoxy) is 3. The molecular weight excluding hydrogens is 853 g/mol. The number of esters is 3. The highest BCUT2D eigenvalue weighted by Crippen LogP contribution is 2.15. The van der Waals surface area contributed by atoms with Gasteiger partial charge in [0.05, 0.1) is 0 Å². The number of unbranched alkanes of at least 4 members (excludes halogenated alkanes) is 21. The molecule has 0 N–H and O–H groups in total. The molecule has 0 aromatic rings. The highest BCUT2D eigenvalue weighted by Gasteiger charge is 2.19. The Morgan fingerprint density at radius 3 is 0.884 bits per heavy atom. The Morgan fingerprint density at radius 1 is 0.304 bits per heavy atom. The van der Waals surface area contributed by atoms with Crippen molar-refractivity contribution in [3.8, 4) is 0 Å². The van der Waals surface area contributed by atoms with Crippen LogP contribution in [0, 0.1) is 0 Å². The van der Waals surface area contributed by atoms with Crippen LogP contribution in [-0.4, -0.2) is 37.2 Å². The Hall–Kier alpha value is -3.93. The highest BCUT2D eigenvalue weighted by atomic mass is 16.6. The van der Waals surface area contributed by atoms with Gasteiger partial charge in [-0.2, -0.15) is 0 Å². The van der Waals surface area contributed by atoms with E-state index < -0.39 is 6.10 Å². The van der Waals surface area contributed by atoms with Crippen LogP contribution in [0.3, 0.4) is 0 Å². The second kappa shape index (κ2) is 56.7. The maximum absolute atomic E-state index is 12.8. The lowest BCUT2D eigenvalue weighted by Crippen LogP contribution is -2.30. The van der Waals surface area contributed by atoms with Crippen molar-refractivity contribution in [1.29, 1.82) is 0 Å². The van der Waals surface area contributed by atoms with Crippen LogP contribution in [0.1, 0.15) is 252 Å². The molecule has 6 heteroatoms. The molecule has 0 radical (unpaired) electrons. The molecule has 0 heterocycles. The lowest BCUT2D eigenvalue weighted by Gasteiger charge is -2.18. The second-order valence-corrected chi connectivity index (χ2v) is 18.5. The monoisotopic (exact) mass is 957 g/mol. The summed E-state index contributed by atoms with van der Waals surface area (Å²) in [5.74, 6) is -0.963. The highest BCUT2D eigenvalue weighted by molar-refractivity contribution is 5.71. The normalized spacial score (nSPS) is 12.9. The van der Waals surface area contributed by atoms with E-state index in [-0.39, 0.29) is 37.5 Å². The summed E-state index contributed by atoms with van der Waals surface area (Å²) in [7, 11) is 0. The van der Waals surface area contributed by atoms with E-state index in [4.69, 9.17) is 14.2 Å². The fourth-order valence-electron chi connectivity index (χ4n) is 7.56. The molecule has 0 bridgehead atoms. The van der Waals surface area contributed by atoms with Crippen LogP contribution in [0.2, 0.25) is 0 Å². The summed E-state index contributed by atoms with van der Waals surface area (Å²) >= 11 is 0. The lowest BCUT2D eigenvalue weighted by molar-refractivity contribution is -0.167. The largest absolute Gasteiger partial charge is 0.462 e. The smallest absolute Gasteiger partial charge is 0.306 e. The molecule has 0 saturated carbocycles. The van der Waals surface area contributed by atoms with E-state index in [2.05, 4.69) is 130 Å². The molecule has 0 aliphatic rings. The van der Waals surface area contributed by atoms with Crippen molar-refractivity contribution in [3.63, 3.8) is 0 Å². The first-order valence-corrected chi connectivity index (χ1v) is 28.4. The molecule has 0 amide bonds. The van der Waals surface area contributed by atoms with Crippen molar-refractivity contribution in [1.82, 2.24) is 0 Å². The first kappa shape index (κ1) is 65.1. The van der Waals surface area contributed by atoms with Crippen molar-refractivity contribution in [2.75, 3.05) is 13.2 Å². The van der Waals surface area contributed by atoms with Crippen molar-refractivity contribution in [2.45, 2.75) is 258 Å². The zero-order chi connectivity index (χ0) is 50.0. The van der Waals surface area contributed by atoms with Crippen LogP contribution < -0.4 is 0 Å². The second-order valence-electron chi connectivity index (χ2n) is 18.5. The fraction of sp³-hybridized carbons (Fsp3) is 0.667. The van der Waals surface area contributed by atoms with Gasteiger partial charge in [-0.05, 0) is 83.5 Å². The Morgan fingerprint density at radius 2 is 0.565 bits per heavy atom. The minimum atomic E-state index is -0.797. The minimum Gasteiger partial charge on any atom is -0.462 e. The van der Waals surface area contributed by atoms with Crippen LogP contribution in [0.15, 0.2) is 109 Å². The summed E-state index contributed by atoms with van der Waals surface area (Å²) in [5.41, 5.74) is 0. The molecule has 1 atom stereocenters. The predicted molar refractivity (Wildman–Crippen MR) is 297 cm³/mol. The number of rotatable bonds is 50. The molecule has 0 aromatic heterocycles. The summed E-state index contributed by atoms with van der Waals surface area (Å²) in [6.45, 7) is 6.43. The quantitative estimate of drug-likeness (QED) is 0.0262. The third-order valence-corrected chi connectivity index (χ3v) is 11.8. The molecular formula is C63H104O6. The van der Waals surface area contributed by atoms with Crippen LogP contribution in [0.4, 0.5) is 0 Å². The minimum absolute atomic E-state index is 0.0945. The van der Waals surface area contributed by atoms with Gasteiger partial charge in [-0.25, -0.2) is 0 Å². The number of carbonyl (C=O) groups is 3. The van der Waals surface area contributed by atoms with Crippen LogP contribution >= 0.6 is 0 Å². The molecule has 392 valence electrons. The number of carbonyl (C=O) groups excluding carboxylic acids is 3. The van der Waals surface area contributed by atoms with E-state index in [0.29, 0.717) is 19.3 Å². The molecule has 0 fully saturated rings. The lowest BCUT2D eigenvalue weighted by atomic mass is 10.0. The molecule has 0 saturated heterocycles. The number of hydrogen-bond acceptors (Lipinski definition) is 6. The summed E-state index contributed by atoms with van der Waals surface area (Å²) in [4.78, 5) is 37.9. The molecule has 6 nitrogen and oxygen atoms in total. The van der Waals surface area contributed by atoms with Gasteiger partial charge >= 0.3 is 17.9 Å². The maximum atomic E-state index is 12.8. The third kappa shape index (κ3) is 54.9. The average molecular weight is 958 g/mol. The van der Waals surface area contributed by atoms with E-state index in [1.165, 1.54) is 103 Å². The van der Waals surface area contributed by atoms with Crippen molar-refractivity contribution >= 4 is 17.9 Å². The Labute approximate surface area is 425 Å². The van der Waals surface area contributed by atoms with Gasteiger partial charge in [0.25, 0.3) is 0 Å². The first-order valence-electron chi connectivity index (χ1n) is 28.4. The summed E-state index contributed by atoms with van der Waals surface area (Å²) in [6, 6.07) is 0.